The lowest BCUT2D eigenvalue weighted by atomic mass is 10.1. The number of nitrogens with zero attached hydrogens (tertiary/aromatic N) is 3. The summed E-state index contributed by atoms with van der Waals surface area (Å²) in [6.07, 6.45) is 1.08. The zero-order valence-electron chi connectivity index (χ0n) is 37.2. The number of aldehydes is 1. The lowest BCUT2D eigenvalue weighted by Crippen LogP contribution is -2.13. The molecule has 0 radical (unpaired) electrons. The quantitative estimate of drug-likeness (QED) is 0.0874. The Kier molecular flexibility index (Phi) is 17.8. The van der Waals surface area contributed by atoms with Gasteiger partial charge in [0, 0.05) is 44.4 Å². The van der Waals surface area contributed by atoms with Gasteiger partial charge in [0.1, 0.15) is 19.6 Å². The van der Waals surface area contributed by atoms with E-state index in [2.05, 4.69) is 81.3 Å². The number of nitrogens with one attached hydrogen (secondary N) is 2. The number of para-hydroxylation sites is 6. The third-order valence-electron chi connectivity index (χ3n) is 10.5. The molecule has 5 N–H and O–H groups in total. The first-order valence-corrected chi connectivity index (χ1v) is 21.5. The van der Waals surface area contributed by atoms with Gasteiger partial charge in [-0.2, -0.15) is 9.59 Å². The van der Waals surface area contributed by atoms with Gasteiger partial charge >= 0.3 is 12.1 Å². The molecule has 0 saturated carbocycles. The Morgan fingerprint density at radius 2 is 0.768 bits per heavy atom. The van der Waals surface area contributed by atoms with Crippen molar-refractivity contribution >= 4 is 108 Å². The minimum atomic E-state index is -0.884. The van der Waals surface area contributed by atoms with Gasteiger partial charge in [-0.15, -0.1) is 0 Å². The Balaban J connectivity index is 0.000000153. The number of pyridine rings is 3. The summed E-state index contributed by atoms with van der Waals surface area (Å²) in [5, 5.41) is 21.7. The van der Waals surface area contributed by atoms with Gasteiger partial charge in [0.25, 0.3) is 0 Å². The second-order valence-electron chi connectivity index (χ2n) is 14.8. The molecular formula is C57H46N6O6. The number of aromatic nitrogens is 3. The zero-order chi connectivity index (χ0) is 48.8. The minimum Gasteiger partial charge on any atom is -0.480 e. The zero-order valence-corrected chi connectivity index (χ0v) is 37.2. The maximum absolute atomic E-state index is 10.8. The minimum absolute atomic E-state index is 0.113. The van der Waals surface area contributed by atoms with Crippen LogP contribution in [0.4, 0.5) is 17.1 Å². The lowest BCUT2D eigenvalue weighted by Gasteiger charge is -2.13. The number of anilines is 3. The van der Waals surface area contributed by atoms with Crippen LogP contribution in [-0.2, 0) is 25.7 Å². The maximum atomic E-state index is 10.8. The first kappa shape index (κ1) is 48.8. The van der Waals surface area contributed by atoms with Gasteiger partial charge < -0.3 is 26.3 Å². The highest BCUT2D eigenvalue weighted by molar-refractivity contribution is 6.09. The highest BCUT2D eigenvalue weighted by Gasteiger charge is 2.10. The number of carboxylic acids is 1. The number of carboxylic acid groups (broad SMARTS) is 1. The van der Waals surface area contributed by atoms with Crippen LogP contribution in [-0.4, -0.2) is 51.8 Å². The summed E-state index contributed by atoms with van der Waals surface area (Å²) in [4.78, 5) is 58.9. The van der Waals surface area contributed by atoms with E-state index in [4.69, 9.17) is 30.2 Å². The van der Waals surface area contributed by atoms with E-state index >= 15 is 0 Å². The average Bonchev–Trinajstić information content (AvgIpc) is 3.41. The largest absolute Gasteiger partial charge is 0.480 e. The Morgan fingerprint density at radius 3 is 1.10 bits per heavy atom. The van der Waals surface area contributed by atoms with Crippen molar-refractivity contribution in [2.75, 3.05) is 22.9 Å². The Labute approximate surface area is 397 Å². The second kappa shape index (κ2) is 25.2. The fraction of sp³-hybridized carbons (Fsp3) is 0.0351. The number of rotatable bonds is 7. The first-order valence-electron chi connectivity index (χ1n) is 21.5. The van der Waals surface area contributed by atoms with Crippen LogP contribution >= 0.6 is 0 Å². The van der Waals surface area contributed by atoms with Gasteiger partial charge in [0.05, 0.1) is 50.2 Å². The van der Waals surface area contributed by atoms with Crippen molar-refractivity contribution in [1.29, 1.82) is 0 Å². The number of hydrogen-bond donors (Lipinski definition) is 4. The summed E-state index contributed by atoms with van der Waals surface area (Å²) in [6, 6.07) is 67.4. The topological polar surface area (TPSA) is 194 Å². The molecule has 12 heteroatoms. The van der Waals surface area contributed by atoms with Crippen molar-refractivity contribution < 1.29 is 29.1 Å². The van der Waals surface area contributed by atoms with Crippen LogP contribution in [0.15, 0.2) is 206 Å². The van der Waals surface area contributed by atoms with Crippen LogP contribution in [0.5, 0.6) is 0 Å². The van der Waals surface area contributed by atoms with Gasteiger partial charge in [0.15, 0.2) is 0 Å². The molecule has 11 aromatic rings. The van der Waals surface area contributed by atoms with E-state index in [0.717, 1.165) is 101 Å². The van der Waals surface area contributed by atoms with Gasteiger partial charge in [0.2, 0.25) is 0 Å². The molecular weight excluding hydrogens is 865 g/mol. The number of nitrogen functional groups attached to an aromatic ring is 1. The number of fused-ring (bicyclic) bond motifs is 6. The highest BCUT2D eigenvalue weighted by atomic mass is 16.4. The number of aliphatic carboxylic acids is 1. The molecule has 0 spiro atoms. The molecule has 3 heterocycles. The van der Waals surface area contributed by atoms with E-state index < -0.39 is 5.97 Å². The predicted octanol–water partition coefficient (Wildman–Crippen LogP) is 11.6. The molecule has 12 nitrogen and oxygen atoms in total. The van der Waals surface area contributed by atoms with Crippen LogP contribution in [0.25, 0.3) is 65.4 Å². The van der Waals surface area contributed by atoms with Gasteiger partial charge in [-0.25, -0.2) is 15.0 Å². The number of benzene rings is 8. The molecule has 69 heavy (non-hydrogen) atoms. The standard InChI is InChI=1S/C20H16N2.C15H12N2O2.C13H10N2.C7H6O.CO2.CH2O/c1-2-8-15(9-3-1)14-21-20-16-10-4-6-12-18(16)22-19-13-7-5-11-17(19)20;18-14(19)9-16-15-10-5-1-3-7-12(10)17-13-8-4-2-6-11(13)15;14-13-9-5-1-3-7-11(9)15-12-8-4-2-6-10(12)13;8-6-7-4-2-1-3-5-7;2-1-3;1-2/h1-13H,14H2,(H,21,22);1-8H,9H2,(H,16,17)(H,18,19);1-8H,(H2,14,15);1-6H;;1H2. The SMILES string of the molecule is C=O.Nc1c2ccccc2nc2ccccc12.O=C(O)CNc1c2ccccc2nc2ccccc12.O=C=O.O=Cc1ccccc1.c1ccc(CNc2c3ccccc3nc3ccccc23)cc1. The third-order valence-corrected chi connectivity index (χ3v) is 10.5. The molecule has 340 valence electrons. The van der Waals surface area contributed by atoms with Crippen LogP contribution in [0.1, 0.15) is 15.9 Å². The summed E-state index contributed by atoms with van der Waals surface area (Å²) in [5.74, 6) is -0.884. The van der Waals surface area contributed by atoms with E-state index in [0.29, 0.717) is 0 Å². The molecule has 3 aromatic heterocycles. The van der Waals surface area contributed by atoms with Gasteiger partial charge in [-0.3, -0.25) is 9.59 Å². The van der Waals surface area contributed by atoms with Crippen LogP contribution in [0.2, 0.25) is 0 Å². The smallest absolute Gasteiger partial charge is 0.373 e. The molecule has 0 fully saturated rings. The van der Waals surface area contributed by atoms with Crippen LogP contribution in [0, 0.1) is 0 Å². The maximum Gasteiger partial charge on any atom is 0.373 e. The molecule has 0 amide bonds. The summed E-state index contributed by atoms with van der Waals surface area (Å²) in [6.45, 7) is 2.69. The summed E-state index contributed by atoms with van der Waals surface area (Å²) in [7, 11) is 0. The van der Waals surface area contributed by atoms with E-state index in [1.54, 1.807) is 12.1 Å². The number of hydrogen-bond acceptors (Lipinski definition) is 11. The van der Waals surface area contributed by atoms with E-state index in [-0.39, 0.29) is 12.7 Å². The average molecular weight is 911 g/mol. The Morgan fingerprint density at radius 1 is 0.478 bits per heavy atom. The second-order valence-corrected chi connectivity index (χ2v) is 14.8. The van der Waals surface area contributed by atoms with Crippen molar-refractivity contribution in [2.45, 2.75) is 6.54 Å². The van der Waals surface area contributed by atoms with Crippen molar-refractivity contribution in [3.8, 4) is 0 Å². The Bertz CT molecular complexity index is 3330. The molecule has 0 atom stereocenters. The fourth-order valence-corrected chi connectivity index (χ4v) is 7.42. The monoisotopic (exact) mass is 910 g/mol. The van der Waals surface area contributed by atoms with Crippen molar-refractivity contribution in [3.05, 3.63) is 217 Å². The van der Waals surface area contributed by atoms with Crippen molar-refractivity contribution in [1.82, 2.24) is 15.0 Å². The number of nitrogens with two attached hydrogens (primary N) is 1. The van der Waals surface area contributed by atoms with Crippen molar-refractivity contribution in [2.24, 2.45) is 0 Å². The molecule has 0 aliphatic carbocycles. The van der Waals surface area contributed by atoms with Crippen molar-refractivity contribution in [3.63, 3.8) is 0 Å². The summed E-state index contributed by atoms with van der Waals surface area (Å²) in [5.41, 5.74) is 16.6. The summed E-state index contributed by atoms with van der Waals surface area (Å²) >= 11 is 0. The molecule has 8 aromatic carbocycles. The van der Waals surface area contributed by atoms with E-state index in [1.807, 2.05) is 140 Å². The normalized spacial score (nSPS) is 9.97. The molecule has 0 saturated heterocycles. The van der Waals surface area contributed by atoms with E-state index in [1.165, 1.54) is 5.56 Å². The van der Waals surface area contributed by atoms with Gasteiger partial charge in [-0.1, -0.05) is 170 Å². The fourth-order valence-electron chi connectivity index (χ4n) is 7.42. The molecule has 0 bridgehead atoms. The molecule has 0 unspecified atom stereocenters. The Hall–Kier alpha value is -9.64. The molecule has 11 rings (SSSR count). The van der Waals surface area contributed by atoms with E-state index in [9.17, 15) is 9.59 Å². The predicted molar refractivity (Wildman–Crippen MR) is 276 cm³/mol. The molecule has 0 aliphatic heterocycles. The molecule has 0 aliphatic rings. The lowest BCUT2D eigenvalue weighted by molar-refractivity contribution is -0.191. The highest BCUT2D eigenvalue weighted by Crippen LogP contribution is 2.32. The van der Waals surface area contributed by atoms with Crippen LogP contribution < -0.4 is 16.4 Å². The van der Waals surface area contributed by atoms with Crippen LogP contribution in [0.3, 0.4) is 0 Å². The number of carbonyl (C=O) groups is 3. The number of carbonyl (C=O) groups excluding carboxylic acids is 4. The first-order chi connectivity index (χ1) is 33.9. The third kappa shape index (κ3) is 12.8. The van der Waals surface area contributed by atoms with Gasteiger partial charge in [-0.05, 0) is 42.0 Å². The summed E-state index contributed by atoms with van der Waals surface area (Å²) < 4.78 is 0.